The Labute approximate surface area is 132 Å². The Morgan fingerprint density at radius 3 is 2.90 bits per heavy atom. The molecule has 0 bridgehead atoms. The number of piperidine rings is 1. The van der Waals surface area contributed by atoms with Gasteiger partial charge in [-0.1, -0.05) is 23.2 Å². The Balaban J connectivity index is 2.12. The first kappa shape index (κ1) is 16.0. The molecule has 1 aromatic rings. The molecule has 0 aromatic carbocycles. The molecule has 0 radical (unpaired) electrons. The molecule has 1 fully saturated rings. The SMILES string of the molecule is CCOC(=O)[C@H]1CCCN(C(=O)c2cc(Cl)nnc2Cl)C1. The molecule has 2 heterocycles. The molecule has 8 heteroatoms. The van der Waals surface area contributed by atoms with E-state index in [0.29, 0.717) is 26.1 Å². The Morgan fingerprint density at radius 2 is 2.19 bits per heavy atom. The molecule has 2 rings (SSSR count). The minimum atomic E-state index is -0.300. The fourth-order valence-electron chi connectivity index (χ4n) is 2.29. The van der Waals surface area contributed by atoms with Gasteiger partial charge < -0.3 is 9.64 Å². The molecule has 1 saturated heterocycles. The largest absolute Gasteiger partial charge is 0.466 e. The van der Waals surface area contributed by atoms with Crippen LogP contribution in [0.1, 0.15) is 30.1 Å². The number of carbonyl (C=O) groups excluding carboxylic acids is 2. The third kappa shape index (κ3) is 3.83. The molecular weight excluding hydrogens is 317 g/mol. The predicted molar refractivity (Wildman–Crippen MR) is 77.3 cm³/mol. The summed E-state index contributed by atoms with van der Waals surface area (Å²) < 4.78 is 5.01. The number of hydrogen-bond acceptors (Lipinski definition) is 5. The number of aromatic nitrogens is 2. The van der Waals surface area contributed by atoms with Gasteiger partial charge in [0, 0.05) is 13.1 Å². The van der Waals surface area contributed by atoms with Gasteiger partial charge in [-0.05, 0) is 25.8 Å². The van der Waals surface area contributed by atoms with Crippen LogP contribution in [0.5, 0.6) is 0 Å². The van der Waals surface area contributed by atoms with E-state index in [0.717, 1.165) is 6.42 Å². The van der Waals surface area contributed by atoms with Crippen molar-refractivity contribution in [2.45, 2.75) is 19.8 Å². The van der Waals surface area contributed by atoms with E-state index in [9.17, 15) is 9.59 Å². The first-order valence-electron chi connectivity index (χ1n) is 6.67. The highest BCUT2D eigenvalue weighted by atomic mass is 35.5. The van der Waals surface area contributed by atoms with Crippen LogP contribution in [0.4, 0.5) is 0 Å². The predicted octanol–water partition coefficient (Wildman–Crippen LogP) is 2.20. The van der Waals surface area contributed by atoms with Crippen LogP contribution in [0.15, 0.2) is 6.07 Å². The topological polar surface area (TPSA) is 72.4 Å². The molecule has 6 nitrogen and oxygen atoms in total. The fourth-order valence-corrected chi connectivity index (χ4v) is 2.61. The van der Waals surface area contributed by atoms with Crippen LogP contribution >= 0.6 is 23.2 Å². The third-order valence-electron chi connectivity index (χ3n) is 3.28. The highest BCUT2D eigenvalue weighted by Crippen LogP contribution is 2.23. The summed E-state index contributed by atoms with van der Waals surface area (Å²) >= 11 is 11.6. The van der Waals surface area contributed by atoms with Crippen molar-refractivity contribution in [3.05, 3.63) is 21.9 Å². The number of carbonyl (C=O) groups is 2. The van der Waals surface area contributed by atoms with Crippen LogP contribution in [-0.2, 0) is 9.53 Å². The molecule has 0 spiro atoms. The van der Waals surface area contributed by atoms with Crippen molar-refractivity contribution < 1.29 is 14.3 Å². The third-order valence-corrected chi connectivity index (χ3v) is 3.74. The molecule has 0 aliphatic carbocycles. The molecule has 114 valence electrons. The molecule has 1 aromatic heterocycles. The summed E-state index contributed by atoms with van der Waals surface area (Å²) in [5, 5.41) is 7.30. The van der Waals surface area contributed by atoms with Crippen molar-refractivity contribution in [1.29, 1.82) is 0 Å². The van der Waals surface area contributed by atoms with Gasteiger partial charge in [-0.15, -0.1) is 10.2 Å². The molecule has 0 unspecified atom stereocenters. The fraction of sp³-hybridized carbons (Fsp3) is 0.538. The summed E-state index contributed by atoms with van der Waals surface area (Å²) in [5.74, 6) is -0.871. The highest BCUT2D eigenvalue weighted by Gasteiger charge is 2.30. The summed E-state index contributed by atoms with van der Waals surface area (Å²) in [4.78, 5) is 25.8. The van der Waals surface area contributed by atoms with Crippen molar-refractivity contribution >= 4 is 35.1 Å². The van der Waals surface area contributed by atoms with Crippen molar-refractivity contribution in [2.24, 2.45) is 5.92 Å². The maximum absolute atomic E-state index is 12.5. The minimum absolute atomic E-state index is 0.00246. The van der Waals surface area contributed by atoms with Crippen LogP contribution in [0, 0.1) is 5.92 Å². The molecule has 21 heavy (non-hydrogen) atoms. The van der Waals surface area contributed by atoms with E-state index in [1.54, 1.807) is 11.8 Å². The number of ether oxygens (including phenoxy) is 1. The molecule has 0 saturated carbocycles. The summed E-state index contributed by atoms with van der Waals surface area (Å²) in [6, 6.07) is 1.38. The zero-order valence-electron chi connectivity index (χ0n) is 11.5. The number of esters is 1. The maximum Gasteiger partial charge on any atom is 0.310 e. The lowest BCUT2D eigenvalue weighted by Crippen LogP contribution is -2.43. The zero-order chi connectivity index (χ0) is 15.4. The molecule has 0 N–H and O–H groups in total. The minimum Gasteiger partial charge on any atom is -0.466 e. The van der Waals surface area contributed by atoms with E-state index < -0.39 is 0 Å². The zero-order valence-corrected chi connectivity index (χ0v) is 13.0. The van der Waals surface area contributed by atoms with Crippen molar-refractivity contribution in [3.63, 3.8) is 0 Å². The number of likely N-dealkylation sites (tertiary alicyclic amines) is 1. The van der Waals surface area contributed by atoms with E-state index in [2.05, 4.69) is 10.2 Å². The van der Waals surface area contributed by atoms with Crippen LogP contribution in [-0.4, -0.2) is 46.7 Å². The summed E-state index contributed by atoms with van der Waals surface area (Å²) in [7, 11) is 0. The van der Waals surface area contributed by atoms with Crippen molar-refractivity contribution in [2.75, 3.05) is 19.7 Å². The van der Waals surface area contributed by atoms with E-state index in [4.69, 9.17) is 27.9 Å². The van der Waals surface area contributed by atoms with Gasteiger partial charge in [0.05, 0.1) is 18.1 Å². The van der Waals surface area contributed by atoms with Gasteiger partial charge in [0.15, 0.2) is 10.3 Å². The first-order valence-corrected chi connectivity index (χ1v) is 7.43. The van der Waals surface area contributed by atoms with Gasteiger partial charge in [0.1, 0.15) is 0 Å². The molecular formula is C13H15Cl2N3O3. The van der Waals surface area contributed by atoms with Gasteiger partial charge in [-0.2, -0.15) is 0 Å². The average molecular weight is 332 g/mol. The second kappa shape index (κ2) is 7.04. The normalized spacial score (nSPS) is 18.4. The van der Waals surface area contributed by atoms with Gasteiger partial charge in [0.2, 0.25) is 0 Å². The van der Waals surface area contributed by atoms with Crippen LogP contribution in [0.25, 0.3) is 0 Å². The van der Waals surface area contributed by atoms with Crippen molar-refractivity contribution in [3.8, 4) is 0 Å². The highest BCUT2D eigenvalue weighted by molar-refractivity contribution is 6.34. The van der Waals surface area contributed by atoms with Crippen molar-refractivity contribution in [1.82, 2.24) is 15.1 Å². The smallest absolute Gasteiger partial charge is 0.310 e. The monoisotopic (exact) mass is 331 g/mol. The van der Waals surface area contributed by atoms with Gasteiger partial charge in [-0.3, -0.25) is 9.59 Å². The lowest BCUT2D eigenvalue weighted by Gasteiger charge is -2.31. The Bertz CT molecular complexity index is 553. The van der Waals surface area contributed by atoms with Crippen LogP contribution in [0.3, 0.4) is 0 Å². The van der Waals surface area contributed by atoms with Gasteiger partial charge in [0.25, 0.3) is 5.91 Å². The summed E-state index contributed by atoms with van der Waals surface area (Å²) in [6.45, 7) is 2.96. The molecule has 1 amide bonds. The van der Waals surface area contributed by atoms with E-state index in [1.165, 1.54) is 6.07 Å². The second-order valence-corrected chi connectivity index (χ2v) is 5.46. The Morgan fingerprint density at radius 1 is 1.43 bits per heavy atom. The number of amides is 1. The molecule has 1 atom stereocenters. The number of rotatable bonds is 3. The number of nitrogens with zero attached hydrogens (tertiary/aromatic N) is 3. The van der Waals surface area contributed by atoms with E-state index in [1.807, 2.05) is 0 Å². The van der Waals surface area contributed by atoms with Gasteiger partial charge >= 0.3 is 5.97 Å². The van der Waals surface area contributed by atoms with Crippen LogP contribution in [0.2, 0.25) is 10.3 Å². The lowest BCUT2D eigenvalue weighted by molar-refractivity contribution is -0.149. The second-order valence-electron chi connectivity index (χ2n) is 4.71. The standard InChI is InChI=1S/C13H15Cl2N3O3/c1-2-21-13(20)8-4-3-5-18(7-8)12(19)9-6-10(14)16-17-11(9)15/h6,8H,2-5,7H2,1H3/t8-/m0/s1. The van der Waals surface area contributed by atoms with E-state index >= 15 is 0 Å². The lowest BCUT2D eigenvalue weighted by atomic mass is 9.97. The number of hydrogen-bond donors (Lipinski definition) is 0. The Hall–Kier alpha value is -1.40. The maximum atomic E-state index is 12.5. The van der Waals surface area contributed by atoms with E-state index in [-0.39, 0.29) is 33.7 Å². The number of halogens is 2. The average Bonchev–Trinajstić information content (AvgIpc) is 2.49. The first-order chi connectivity index (χ1) is 10.0. The quantitative estimate of drug-likeness (QED) is 0.794. The molecule has 1 aliphatic rings. The van der Waals surface area contributed by atoms with Crippen LogP contribution < -0.4 is 0 Å². The summed E-state index contributed by atoms with van der Waals surface area (Å²) in [6.07, 6.45) is 1.45. The van der Waals surface area contributed by atoms with Gasteiger partial charge in [-0.25, -0.2) is 0 Å². The molecule has 1 aliphatic heterocycles. The summed E-state index contributed by atoms with van der Waals surface area (Å²) in [5.41, 5.74) is 0.196. The Kier molecular flexibility index (Phi) is 5.36.